The van der Waals surface area contributed by atoms with Crippen LogP contribution in [0.25, 0.3) is 0 Å². The molecule has 0 radical (unpaired) electrons. The van der Waals surface area contributed by atoms with Crippen LogP contribution in [0.1, 0.15) is 22.6 Å². The lowest BCUT2D eigenvalue weighted by Gasteiger charge is -2.19. The average molecular weight is 530 g/mol. The van der Waals surface area contributed by atoms with Gasteiger partial charge in [-0.25, -0.2) is 0 Å². The fourth-order valence-corrected chi connectivity index (χ4v) is 3.54. The van der Waals surface area contributed by atoms with Crippen LogP contribution in [-0.2, 0) is 16.0 Å². The lowest BCUT2D eigenvalue weighted by Crippen LogP contribution is -2.13. The minimum atomic E-state index is -0.0790. The highest BCUT2D eigenvalue weighted by Crippen LogP contribution is 2.30. The molecule has 0 heterocycles. The van der Waals surface area contributed by atoms with Crippen LogP contribution in [-0.4, -0.2) is 22.5 Å². The number of hydrogen-bond donors (Lipinski definition) is 2. The molecule has 0 saturated carbocycles. The van der Waals surface area contributed by atoms with Gasteiger partial charge in [0, 0.05) is 17.3 Å². The predicted octanol–water partition coefficient (Wildman–Crippen LogP) is 5.73. The van der Waals surface area contributed by atoms with Crippen LogP contribution >= 0.6 is 31.9 Å². The molecular formula is C24H22Br2N2O2. The van der Waals surface area contributed by atoms with Crippen molar-refractivity contribution in [3.8, 4) is 0 Å². The maximum absolute atomic E-state index is 11.6. The van der Waals surface area contributed by atoms with E-state index in [4.69, 9.17) is 0 Å². The fraction of sp³-hybridized carbons (Fsp3) is 0.167. The Hall–Kier alpha value is -2.44. The number of anilines is 2. The molecule has 154 valence electrons. The zero-order chi connectivity index (χ0) is 21.3. The smallest absolute Gasteiger partial charge is 0.235 e. The molecule has 30 heavy (non-hydrogen) atoms. The summed E-state index contributed by atoms with van der Waals surface area (Å²) in [7, 11) is 0. The molecule has 0 saturated heterocycles. The molecule has 0 aliphatic carbocycles. The van der Waals surface area contributed by atoms with Crippen molar-refractivity contribution in [2.24, 2.45) is 0 Å². The molecule has 0 spiro atoms. The van der Waals surface area contributed by atoms with Crippen LogP contribution < -0.4 is 10.6 Å². The number of alkyl halides is 2. The molecule has 0 aromatic heterocycles. The van der Waals surface area contributed by atoms with Crippen molar-refractivity contribution >= 4 is 55.0 Å². The van der Waals surface area contributed by atoms with Gasteiger partial charge in [-0.1, -0.05) is 86.5 Å². The predicted molar refractivity (Wildman–Crippen MR) is 130 cm³/mol. The third-order valence-electron chi connectivity index (χ3n) is 4.72. The molecule has 0 aliphatic rings. The van der Waals surface area contributed by atoms with Crippen molar-refractivity contribution in [3.05, 3.63) is 95.6 Å². The number of nitrogens with one attached hydrogen (secondary N) is 2. The first-order valence-corrected chi connectivity index (χ1v) is 11.8. The number of rotatable bonds is 8. The van der Waals surface area contributed by atoms with E-state index in [1.165, 1.54) is 5.56 Å². The van der Waals surface area contributed by atoms with Crippen molar-refractivity contribution in [1.82, 2.24) is 0 Å². The molecule has 6 heteroatoms. The van der Waals surface area contributed by atoms with E-state index in [-0.39, 0.29) is 28.4 Å². The van der Waals surface area contributed by atoms with Gasteiger partial charge >= 0.3 is 0 Å². The van der Waals surface area contributed by atoms with E-state index in [1.54, 1.807) is 0 Å². The first kappa shape index (κ1) is 22.2. The topological polar surface area (TPSA) is 58.2 Å². The second-order valence-corrected chi connectivity index (χ2v) is 7.97. The minimum absolute atomic E-state index is 0.0790. The summed E-state index contributed by atoms with van der Waals surface area (Å²) in [6, 6.07) is 26.3. The summed E-state index contributed by atoms with van der Waals surface area (Å²) >= 11 is 6.32. The van der Waals surface area contributed by atoms with Crippen LogP contribution in [0.15, 0.2) is 78.9 Å². The summed E-state index contributed by atoms with van der Waals surface area (Å²) in [6.07, 6.45) is 0.848. The van der Waals surface area contributed by atoms with Gasteiger partial charge in [0.15, 0.2) is 0 Å². The summed E-state index contributed by atoms with van der Waals surface area (Å²) in [5, 5.41) is 6.23. The fourth-order valence-electron chi connectivity index (χ4n) is 3.26. The van der Waals surface area contributed by atoms with Gasteiger partial charge < -0.3 is 10.6 Å². The largest absolute Gasteiger partial charge is 0.325 e. The van der Waals surface area contributed by atoms with E-state index in [0.717, 1.165) is 28.9 Å². The Bertz CT molecular complexity index is 913. The second-order valence-electron chi connectivity index (χ2n) is 6.85. The lowest BCUT2D eigenvalue weighted by atomic mass is 9.86. The Labute approximate surface area is 193 Å². The molecule has 2 amide bonds. The van der Waals surface area contributed by atoms with E-state index in [9.17, 15) is 9.59 Å². The summed E-state index contributed by atoms with van der Waals surface area (Å²) in [4.78, 5) is 23.2. The quantitative estimate of drug-likeness (QED) is 0.366. The SMILES string of the molecule is O=C(CBr)Nc1ccc(C(Cc2ccccc2)c2ccc(NC(=O)CBr)cc2)cc1. The van der Waals surface area contributed by atoms with Crippen LogP contribution in [0.3, 0.4) is 0 Å². The van der Waals surface area contributed by atoms with Crippen molar-refractivity contribution in [2.45, 2.75) is 12.3 Å². The zero-order valence-corrected chi connectivity index (χ0v) is 19.4. The van der Waals surface area contributed by atoms with Crippen molar-refractivity contribution in [1.29, 1.82) is 0 Å². The van der Waals surface area contributed by atoms with E-state index < -0.39 is 0 Å². The number of carbonyl (C=O) groups excluding carboxylic acids is 2. The normalized spacial score (nSPS) is 10.6. The molecule has 3 aromatic rings. The molecule has 0 atom stereocenters. The van der Waals surface area contributed by atoms with Crippen molar-refractivity contribution in [2.75, 3.05) is 21.3 Å². The molecule has 0 fully saturated rings. The van der Waals surface area contributed by atoms with Crippen LogP contribution in [0.5, 0.6) is 0 Å². The highest BCUT2D eigenvalue weighted by molar-refractivity contribution is 9.09. The first-order chi connectivity index (χ1) is 14.6. The van der Waals surface area contributed by atoms with Gasteiger partial charge in [0.2, 0.25) is 11.8 Å². The van der Waals surface area contributed by atoms with E-state index in [1.807, 2.05) is 42.5 Å². The number of halogens is 2. The van der Waals surface area contributed by atoms with E-state index in [0.29, 0.717) is 0 Å². The molecule has 0 bridgehead atoms. The Morgan fingerprint density at radius 2 is 1.10 bits per heavy atom. The monoisotopic (exact) mass is 528 g/mol. The molecule has 0 aliphatic heterocycles. The van der Waals surface area contributed by atoms with Gasteiger partial charge in [-0.05, 0) is 47.4 Å². The third kappa shape index (κ3) is 6.28. The van der Waals surface area contributed by atoms with Crippen LogP contribution in [0, 0.1) is 0 Å². The van der Waals surface area contributed by atoms with Crippen molar-refractivity contribution < 1.29 is 9.59 Å². The van der Waals surface area contributed by atoms with E-state index in [2.05, 4.69) is 78.9 Å². The standard InChI is InChI=1S/C24H22Br2N2O2/c25-15-23(29)27-20-10-6-18(7-11-20)22(14-17-4-2-1-3-5-17)19-8-12-21(13-9-19)28-24(30)16-26/h1-13,22H,14-16H2,(H,27,29)(H,28,30). The molecule has 2 N–H and O–H groups in total. The van der Waals surface area contributed by atoms with Crippen LogP contribution in [0.2, 0.25) is 0 Å². The Morgan fingerprint density at radius 3 is 1.50 bits per heavy atom. The Kier molecular flexibility index (Phi) is 8.22. The first-order valence-electron chi connectivity index (χ1n) is 9.54. The summed E-state index contributed by atoms with van der Waals surface area (Å²) in [5.74, 6) is -0.0105. The minimum Gasteiger partial charge on any atom is -0.325 e. The number of benzene rings is 3. The number of hydrogen-bond acceptors (Lipinski definition) is 2. The molecule has 3 rings (SSSR count). The third-order valence-corrected chi connectivity index (χ3v) is 5.74. The van der Waals surface area contributed by atoms with Crippen LogP contribution in [0.4, 0.5) is 11.4 Å². The van der Waals surface area contributed by atoms with Gasteiger partial charge in [0.25, 0.3) is 0 Å². The Morgan fingerprint density at radius 1 is 0.667 bits per heavy atom. The molecular weight excluding hydrogens is 508 g/mol. The van der Waals surface area contributed by atoms with E-state index >= 15 is 0 Å². The highest BCUT2D eigenvalue weighted by Gasteiger charge is 2.16. The maximum Gasteiger partial charge on any atom is 0.235 e. The van der Waals surface area contributed by atoms with Gasteiger partial charge in [0.1, 0.15) is 0 Å². The van der Waals surface area contributed by atoms with Gasteiger partial charge in [-0.3, -0.25) is 9.59 Å². The summed E-state index contributed by atoms with van der Waals surface area (Å²) < 4.78 is 0. The second kappa shape index (κ2) is 11.1. The van der Waals surface area contributed by atoms with Crippen molar-refractivity contribution in [3.63, 3.8) is 0 Å². The molecule has 4 nitrogen and oxygen atoms in total. The van der Waals surface area contributed by atoms with Gasteiger partial charge in [0.05, 0.1) is 10.7 Å². The zero-order valence-electron chi connectivity index (χ0n) is 16.3. The molecule has 0 unspecified atom stereocenters. The summed E-state index contributed by atoms with van der Waals surface area (Å²) in [6.45, 7) is 0. The Balaban J connectivity index is 1.87. The van der Waals surface area contributed by atoms with Gasteiger partial charge in [-0.15, -0.1) is 0 Å². The summed E-state index contributed by atoms with van der Waals surface area (Å²) in [5.41, 5.74) is 5.11. The number of carbonyl (C=O) groups is 2. The number of amides is 2. The maximum atomic E-state index is 11.6. The average Bonchev–Trinajstić information content (AvgIpc) is 2.79. The lowest BCUT2D eigenvalue weighted by molar-refractivity contribution is -0.114. The highest BCUT2D eigenvalue weighted by atomic mass is 79.9. The van der Waals surface area contributed by atoms with Gasteiger partial charge in [-0.2, -0.15) is 0 Å². The molecule has 3 aromatic carbocycles.